The maximum Gasteiger partial charge on any atom is 0.452 e. The molecular weight excluding hydrogens is 567 g/mol. The van der Waals surface area contributed by atoms with Crippen molar-refractivity contribution < 1.29 is 27.3 Å². The first-order valence-corrected chi connectivity index (χ1v) is 14.9. The Balaban J connectivity index is 1.37. The largest absolute Gasteiger partial charge is 0.481 e. The highest BCUT2D eigenvalue weighted by Gasteiger charge is 2.38. The van der Waals surface area contributed by atoms with Gasteiger partial charge in [0, 0.05) is 37.8 Å². The number of carbonyl (C=O) groups is 1. The Morgan fingerprint density at radius 2 is 1.93 bits per heavy atom. The second kappa shape index (κ2) is 10.8. The van der Waals surface area contributed by atoms with Crippen molar-refractivity contribution >= 4 is 28.3 Å². The van der Waals surface area contributed by atoms with Crippen molar-refractivity contribution in [1.82, 2.24) is 18.9 Å². The van der Waals surface area contributed by atoms with Crippen LogP contribution >= 0.6 is 0 Å². The molecule has 12 heteroatoms. The van der Waals surface area contributed by atoms with Crippen LogP contribution in [-0.2, 0) is 28.5 Å². The number of para-hydroxylation sites is 1. The molecule has 3 atom stereocenters. The molecule has 1 fully saturated rings. The lowest BCUT2D eigenvalue weighted by Gasteiger charge is -2.27. The predicted molar refractivity (Wildman–Crippen MR) is 152 cm³/mol. The van der Waals surface area contributed by atoms with E-state index >= 15 is 0 Å². The van der Waals surface area contributed by atoms with E-state index in [1.54, 1.807) is 6.92 Å². The second-order valence-electron chi connectivity index (χ2n) is 11.0. The van der Waals surface area contributed by atoms with Crippen LogP contribution in [0.3, 0.4) is 0 Å². The Hall–Kier alpha value is -3.77. The molecule has 42 heavy (non-hydrogen) atoms. The zero-order valence-electron chi connectivity index (χ0n) is 23.1. The van der Waals surface area contributed by atoms with E-state index in [2.05, 4.69) is 15.1 Å². The first kappa shape index (κ1) is 28.4. The number of alkyl halides is 3. The quantitative estimate of drug-likeness (QED) is 0.317. The average Bonchev–Trinajstić information content (AvgIpc) is 3.58. The van der Waals surface area contributed by atoms with Crippen molar-refractivity contribution in [1.29, 1.82) is 0 Å². The van der Waals surface area contributed by atoms with Gasteiger partial charge in [-0.3, -0.25) is 9.20 Å². The van der Waals surface area contributed by atoms with Crippen LogP contribution in [0.25, 0.3) is 5.65 Å². The van der Waals surface area contributed by atoms with Crippen molar-refractivity contribution in [3.8, 4) is 0 Å². The fourth-order valence-corrected chi connectivity index (χ4v) is 7.67. The summed E-state index contributed by atoms with van der Waals surface area (Å²) in [6.45, 7) is 5.57. The molecule has 2 aromatic carbocycles. The number of carboxylic acid groups (broad SMARTS) is 1. The first-order valence-electron chi connectivity index (χ1n) is 13.8. The smallest absolute Gasteiger partial charge is 0.452 e. The lowest BCUT2D eigenvalue weighted by atomic mass is 9.85. The number of hydrogen-bond acceptors (Lipinski definition) is 5. The third kappa shape index (κ3) is 5.06. The van der Waals surface area contributed by atoms with Crippen molar-refractivity contribution in [2.24, 2.45) is 0 Å². The number of anilines is 1. The maximum atomic E-state index is 13.8. The molecule has 2 aliphatic heterocycles. The summed E-state index contributed by atoms with van der Waals surface area (Å²) in [6, 6.07) is 15.3. The molecule has 0 aliphatic carbocycles. The molecule has 0 saturated carbocycles. The number of hydrogen-bond donors (Lipinski definition) is 1. The molecular formula is C30H30F3N5O3S. The molecule has 2 aliphatic rings. The normalized spacial score (nSPS) is 19.9. The van der Waals surface area contributed by atoms with Gasteiger partial charge in [0.2, 0.25) is 5.82 Å². The third-order valence-corrected chi connectivity index (χ3v) is 9.85. The van der Waals surface area contributed by atoms with Gasteiger partial charge < -0.3 is 10.0 Å². The SMILES string of the molecule is Cc1ccc([C@H](CC(=O)O)c2ccn3c(C(F)(F)F)nnc3c2C)cc1CN1CC2CCCN2c2ccccc2S1=O. The summed E-state index contributed by atoms with van der Waals surface area (Å²) in [4.78, 5) is 15.1. The summed E-state index contributed by atoms with van der Waals surface area (Å²) in [5.74, 6) is -2.81. The van der Waals surface area contributed by atoms with Gasteiger partial charge in [-0.25, -0.2) is 8.51 Å². The molecule has 2 aromatic heterocycles. The summed E-state index contributed by atoms with van der Waals surface area (Å²) in [6.07, 6.45) is -1.61. The van der Waals surface area contributed by atoms with Crippen LogP contribution in [-0.4, -0.2) is 53.3 Å². The van der Waals surface area contributed by atoms with Gasteiger partial charge >= 0.3 is 12.1 Å². The monoisotopic (exact) mass is 597 g/mol. The molecule has 4 aromatic rings. The molecule has 220 valence electrons. The van der Waals surface area contributed by atoms with Crippen molar-refractivity contribution in [2.75, 3.05) is 18.0 Å². The van der Waals surface area contributed by atoms with E-state index < -0.39 is 34.9 Å². The number of aliphatic carboxylic acids is 1. The molecule has 6 rings (SSSR count). The van der Waals surface area contributed by atoms with Gasteiger partial charge in [-0.05, 0) is 72.7 Å². The number of benzene rings is 2. The Kier molecular flexibility index (Phi) is 7.30. The fourth-order valence-electron chi connectivity index (χ4n) is 6.27. The minimum atomic E-state index is -4.68. The predicted octanol–water partition coefficient (Wildman–Crippen LogP) is 5.48. The molecule has 1 saturated heterocycles. The van der Waals surface area contributed by atoms with Crippen molar-refractivity contribution in [3.63, 3.8) is 0 Å². The molecule has 0 radical (unpaired) electrons. The fraction of sp³-hybridized carbons (Fsp3) is 0.367. The van der Waals surface area contributed by atoms with E-state index in [0.717, 1.165) is 45.5 Å². The number of aryl methyl sites for hydroxylation is 2. The van der Waals surface area contributed by atoms with Crippen LogP contribution in [0.2, 0.25) is 0 Å². The van der Waals surface area contributed by atoms with Gasteiger partial charge in [0.25, 0.3) is 0 Å². The summed E-state index contributed by atoms with van der Waals surface area (Å²) >= 11 is 0. The number of carboxylic acids is 1. The van der Waals surface area contributed by atoms with Crippen LogP contribution < -0.4 is 4.90 Å². The van der Waals surface area contributed by atoms with Crippen LogP contribution in [0.5, 0.6) is 0 Å². The van der Waals surface area contributed by atoms with Crippen LogP contribution in [0, 0.1) is 13.8 Å². The van der Waals surface area contributed by atoms with E-state index in [1.165, 1.54) is 12.3 Å². The minimum Gasteiger partial charge on any atom is -0.481 e. The summed E-state index contributed by atoms with van der Waals surface area (Å²) in [5, 5.41) is 16.9. The minimum absolute atomic E-state index is 0.0299. The van der Waals surface area contributed by atoms with E-state index in [-0.39, 0.29) is 18.1 Å². The lowest BCUT2D eigenvalue weighted by molar-refractivity contribution is -0.145. The number of rotatable bonds is 6. The standard InChI is InChI=1S/C30H30F3N5O3S/c1-18-9-10-20(24(15-27(39)40)23-11-13-38-28(19(23)2)34-35-29(38)30(31,32)33)14-21(18)16-36-17-22-6-5-12-37(22)25-7-3-4-8-26(25)42(36)41/h3-4,7-11,13-14,22,24H,5-6,12,15-17H2,1-2H3,(H,39,40)/t22?,24-,42?/m0/s1. The highest BCUT2D eigenvalue weighted by Crippen LogP contribution is 2.38. The Morgan fingerprint density at radius 3 is 2.69 bits per heavy atom. The number of aromatic nitrogens is 3. The number of fused-ring (bicyclic) bond motifs is 4. The number of nitrogens with zero attached hydrogens (tertiary/aromatic N) is 5. The summed E-state index contributed by atoms with van der Waals surface area (Å²) in [7, 11) is -1.39. The first-order chi connectivity index (χ1) is 20.0. The maximum absolute atomic E-state index is 13.8. The molecule has 8 nitrogen and oxygen atoms in total. The average molecular weight is 598 g/mol. The second-order valence-corrected chi connectivity index (χ2v) is 12.4. The van der Waals surface area contributed by atoms with Gasteiger partial charge in [-0.2, -0.15) is 13.2 Å². The number of pyridine rings is 1. The summed E-state index contributed by atoms with van der Waals surface area (Å²) < 4.78 is 57.0. The lowest BCUT2D eigenvalue weighted by Crippen LogP contribution is -2.37. The van der Waals surface area contributed by atoms with Gasteiger partial charge in [0.05, 0.1) is 17.0 Å². The number of halogens is 3. The van der Waals surface area contributed by atoms with E-state index in [0.29, 0.717) is 29.8 Å². The topological polar surface area (TPSA) is 91.0 Å². The van der Waals surface area contributed by atoms with Gasteiger partial charge in [0.1, 0.15) is 11.0 Å². The van der Waals surface area contributed by atoms with Gasteiger partial charge in [-0.1, -0.05) is 30.3 Å². The van der Waals surface area contributed by atoms with Gasteiger partial charge in [0.15, 0.2) is 5.65 Å². The van der Waals surface area contributed by atoms with Gasteiger partial charge in [-0.15, -0.1) is 10.2 Å². The zero-order valence-corrected chi connectivity index (χ0v) is 24.0. The molecule has 0 bridgehead atoms. The summed E-state index contributed by atoms with van der Waals surface area (Å²) in [5.41, 5.74) is 4.65. The third-order valence-electron chi connectivity index (χ3n) is 8.39. The Bertz CT molecular complexity index is 1710. The Labute approximate surface area is 243 Å². The van der Waals surface area contributed by atoms with E-state index in [4.69, 9.17) is 0 Å². The highest BCUT2D eigenvalue weighted by molar-refractivity contribution is 7.82. The van der Waals surface area contributed by atoms with Crippen LogP contribution in [0.1, 0.15) is 58.8 Å². The van der Waals surface area contributed by atoms with Crippen molar-refractivity contribution in [3.05, 3.63) is 88.4 Å². The van der Waals surface area contributed by atoms with E-state index in [9.17, 15) is 27.3 Å². The molecule has 0 amide bonds. The van der Waals surface area contributed by atoms with Crippen LogP contribution in [0.4, 0.5) is 18.9 Å². The zero-order chi connectivity index (χ0) is 29.8. The van der Waals surface area contributed by atoms with E-state index in [1.807, 2.05) is 53.7 Å². The Morgan fingerprint density at radius 1 is 1.14 bits per heavy atom. The van der Waals surface area contributed by atoms with Crippen molar-refractivity contribution in [2.45, 2.75) is 62.7 Å². The highest BCUT2D eigenvalue weighted by atomic mass is 32.2. The molecule has 2 unspecified atom stereocenters. The van der Waals surface area contributed by atoms with Crippen LogP contribution in [0.15, 0.2) is 59.6 Å². The molecule has 0 spiro atoms. The molecule has 1 N–H and O–H groups in total. The molecule has 4 heterocycles.